The van der Waals surface area contributed by atoms with Crippen molar-refractivity contribution in [3.63, 3.8) is 0 Å². The summed E-state index contributed by atoms with van der Waals surface area (Å²) in [6.45, 7) is 0. The molecule has 0 bridgehead atoms. The molecule has 0 amide bonds. The third kappa shape index (κ3) is 3.09. The van der Waals surface area contributed by atoms with Crippen LogP contribution in [0.3, 0.4) is 0 Å². The summed E-state index contributed by atoms with van der Waals surface area (Å²) in [5.41, 5.74) is 7.70. The molecule has 2 nitrogen and oxygen atoms in total. The summed E-state index contributed by atoms with van der Waals surface area (Å²) in [5, 5.41) is 2.15. The van der Waals surface area contributed by atoms with Gasteiger partial charge in [-0.2, -0.15) is 0 Å². The first-order valence-corrected chi connectivity index (χ1v) is 7.53. The van der Waals surface area contributed by atoms with Gasteiger partial charge in [-0.05, 0) is 29.8 Å². The zero-order chi connectivity index (χ0) is 14.8. The van der Waals surface area contributed by atoms with Crippen LogP contribution in [0.4, 0.5) is 8.78 Å². The average molecular weight is 304 g/mol. The second-order valence-corrected chi connectivity index (χ2v) is 5.87. The number of hydrogen-bond acceptors (Lipinski definition) is 2. The molecule has 1 unspecified atom stereocenters. The van der Waals surface area contributed by atoms with Crippen molar-refractivity contribution in [2.24, 2.45) is 5.73 Å². The molecule has 1 heterocycles. The molecule has 0 aliphatic heterocycles. The standard InChI is InChI=1S/C16H14F2N2S/c17-12-6-5-10(7-13(12)18)14(19)9-21-16-8-11-3-1-2-4-15(11)20-16/h1-8,14,20H,9,19H2. The first-order valence-electron chi connectivity index (χ1n) is 6.54. The van der Waals surface area contributed by atoms with E-state index in [2.05, 4.69) is 11.1 Å². The largest absolute Gasteiger partial charge is 0.350 e. The summed E-state index contributed by atoms with van der Waals surface area (Å²) in [6, 6.07) is 13.5. The SMILES string of the molecule is NC(CSc1cc2ccccc2[nH]1)c1ccc(F)c(F)c1. The second-order valence-electron chi connectivity index (χ2n) is 4.81. The number of H-pyrrole nitrogens is 1. The molecule has 3 rings (SSSR count). The van der Waals surface area contributed by atoms with E-state index in [0.717, 1.165) is 28.1 Å². The summed E-state index contributed by atoms with van der Waals surface area (Å²) in [4.78, 5) is 3.30. The minimum atomic E-state index is -0.862. The Labute approximate surface area is 125 Å². The molecule has 0 spiro atoms. The van der Waals surface area contributed by atoms with E-state index in [1.807, 2.05) is 24.3 Å². The lowest BCUT2D eigenvalue weighted by Gasteiger charge is -2.11. The first kappa shape index (κ1) is 14.1. The Morgan fingerprint density at radius 1 is 1.05 bits per heavy atom. The maximum atomic E-state index is 13.2. The van der Waals surface area contributed by atoms with Crippen LogP contribution in [0, 0.1) is 11.6 Å². The summed E-state index contributed by atoms with van der Waals surface area (Å²) in [7, 11) is 0. The maximum Gasteiger partial charge on any atom is 0.159 e. The van der Waals surface area contributed by atoms with Gasteiger partial charge in [0.2, 0.25) is 0 Å². The molecule has 1 atom stereocenters. The molecule has 0 saturated heterocycles. The van der Waals surface area contributed by atoms with E-state index < -0.39 is 11.6 Å². The van der Waals surface area contributed by atoms with Gasteiger partial charge >= 0.3 is 0 Å². The van der Waals surface area contributed by atoms with Crippen LogP contribution in [-0.2, 0) is 0 Å². The predicted molar refractivity (Wildman–Crippen MR) is 82.3 cm³/mol. The van der Waals surface area contributed by atoms with Crippen LogP contribution in [0.25, 0.3) is 10.9 Å². The molecular weight excluding hydrogens is 290 g/mol. The van der Waals surface area contributed by atoms with E-state index in [-0.39, 0.29) is 6.04 Å². The summed E-state index contributed by atoms with van der Waals surface area (Å²) < 4.78 is 26.1. The van der Waals surface area contributed by atoms with Gasteiger partial charge in [0.1, 0.15) is 0 Å². The van der Waals surface area contributed by atoms with Gasteiger partial charge in [-0.25, -0.2) is 8.78 Å². The van der Waals surface area contributed by atoms with E-state index in [9.17, 15) is 8.78 Å². The molecule has 21 heavy (non-hydrogen) atoms. The van der Waals surface area contributed by atoms with Crippen molar-refractivity contribution < 1.29 is 8.78 Å². The zero-order valence-electron chi connectivity index (χ0n) is 11.1. The summed E-state index contributed by atoms with van der Waals surface area (Å²) in [6.07, 6.45) is 0. The van der Waals surface area contributed by atoms with Crippen molar-refractivity contribution in [3.8, 4) is 0 Å². The van der Waals surface area contributed by atoms with E-state index in [1.54, 1.807) is 11.8 Å². The minimum absolute atomic E-state index is 0.350. The van der Waals surface area contributed by atoms with Gasteiger partial charge in [0.05, 0.1) is 5.03 Å². The molecule has 1 aromatic heterocycles. The van der Waals surface area contributed by atoms with Gasteiger partial charge in [0, 0.05) is 22.7 Å². The van der Waals surface area contributed by atoms with Crippen molar-refractivity contribution in [2.75, 3.05) is 5.75 Å². The van der Waals surface area contributed by atoms with Crippen molar-refractivity contribution >= 4 is 22.7 Å². The smallest absolute Gasteiger partial charge is 0.159 e. The fourth-order valence-corrected chi connectivity index (χ4v) is 3.09. The third-order valence-corrected chi connectivity index (χ3v) is 4.35. The topological polar surface area (TPSA) is 41.8 Å². The van der Waals surface area contributed by atoms with Gasteiger partial charge in [0.25, 0.3) is 0 Å². The quantitative estimate of drug-likeness (QED) is 0.708. The number of aromatic nitrogens is 1. The van der Waals surface area contributed by atoms with Crippen LogP contribution in [0.5, 0.6) is 0 Å². The molecule has 0 fully saturated rings. The van der Waals surface area contributed by atoms with Crippen LogP contribution in [-0.4, -0.2) is 10.7 Å². The molecule has 0 radical (unpaired) electrons. The molecule has 0 aliphatic rings. The lowest BCUT2D eigenvalue weighted by Crippen LogP contribution is -2.13. The molecule has 2 aromatic carbocycles. The van der Waals surface area contributed by atoms with Crippen LogP contribution in [0.15, 0.2) is 53.6 Å². The molecule has 0 aliphatic carbocycles. The van der Waals surface area contributed by atoms with Crippen LogP contribution < -0.4 is 5.73 Å². The number of nitrogens with one attached hydrogen (secondary N) is 1. The number of nitrogens with two attached hydrogens (primary N) is 1. The van der Waals surface area contributed by atoms with Crippen LogP contribution in [0.1, 0.15) is 11.6 Å². The molecule has 5 heteroatoms. The fraction of sp³-hybridized carbons (Fsp3) is 0.125. The van der Waals surface area contributed by atoms with Crippen molar-refractivity contribution in [2.45, 2.75) is 11.1 Å². The number of thioether (sulfide) groups is 1. The Morgan fingerprint density at radius 3 is 2.62 bits per heavy atom. The monoisotopic (exact) mass is 304 g/mol. The third-order valence-electron chi connectivity index (χ3n) is 3.30. The number of rotatable bonds is 4. The molecule has 0 saturated carbocycles. The Hall–Kier alpha value is -1.85. The lowest BCUT2D eigenvalue weighted by molar-refractivity contribution is 0.506. The first-order chi connectivity index (χ1) is 10.1. The maximum absolute atomic E-state index is 13.2. The normalized spacial score (nSPS) is 12.7. The second kappa shape index (κ2) is 5.87. The predicted octanol–water partition coefficient (Wildman–Crippen LogP) is 4.24. The Kier molecular flexibility index (Phi) is 3.94. The van der Waals surface area contributed by atoms with E-state index in [0.29, 0.717) is 11.3 Å². The number of benzene rings is 2. The average Bonchev–Trinajstić information content (AvgIpc) is 2.90. The van der Waals surface area contributed by atoms with E-state index in [4.69, 9.17) is 5.73 Å². The summed E-state index contributed by atoms with van der Waals surface area (Å²) >= 11 is 1.56. The highest BCUT2D eigenvalue weighted by Crippen LogP contribution is 2.26. The van der Waals surface area contributed by atoms with E-state index in [1.165, 1.54) is 6.07 Å². The highest BCUT2D eigenvalue weighted by Gasteiger charge is 2.11. The highest BCUT2D eigenvalue weighted by molar-refractivity contribution is 7.99. The lowest BCUT2D eigenvalue weighted by atomic mass is 10.1. The number of hydrogen-bond donors (Lipinski definition) is 2. The highest BCUT2D eigenvalue weighted by atomic mass is 32.2. The Balaban J connectivity index is 1.70. The minimum Gasteiger partial charge on any atom is -0.350 e. The Morgan fingerprint density at radius 2 is 1.86 bits per heavy atom. The van der Waals surface area contributed by atoms with Gasteiger partial charge < -0.3 is 10.7 Å². The van der Waals surface area contributed by atoms with Crippen LogP contribution >= 0.6 is 11.8 Å². The van der Waals surface area contributed by atoms with Crippen molar-refractivity contribution in [1.82, 2.24) is 4.98 Å². The van der Waals surface area contributed by atoms with Gasteiger partial charge in [0.15, 0.2) is 11.6 Å². The molecule has 3 aromatic rings. The van der Waals surface area contributed by atoms with Gasteiger partial charge in [-0.1, -0.05) is 24.3 Å². The fourth-order valence-electron chi connectivity index (χ4n) is 2.14. The number of aromatic amines is 1. The summed E-state index contributed by atoms with van der Waals surface area (Å²) in [5.74, 6) is -1.13. The van der Waals surface area contributed by atoms with Gasteiger partial charge in [-0.15, -0.1) is 11.8 Å². The Bertz CT molecular complexity index is 737. The molecular formula is C16H14F2N2S. The van der Waals surface area contributed by atoms with Crippen LogP contribution in [0.2, 0.25) is 0 Å². The number of fused-ring (bicyclic) bond motifs is 1. The van der Waals surface area contributed by atoms with Gasteiger partial charge in [-0.3, -0.25) is 0 Å². The zero-order valence-corrected chi connectivity index (χ0v) is 12.0. The van der Waals surface area contributed by atoms with E-state index >= 15 is 0 Å². The molecule has 108 valence electrons. The number of para-hydroxylation sites is 1. The van der Waals surface area contributed by atoms with Crippen molar-refractivity contribution in [3.05, 3.63) is 65.7 Å². The molecule has 3 N–H and O–H groups in total. The number of halogens is 2. The van der Waals surface area contributed by atoms with Crippen molar-refractivity contribution in [1.29, 1.82) is 0 Å².